The van der Waals surface area contributed by atoms with Gasteiger partial charge in [0.05, 0.1) is 12.3 Å². The Labute approximate surface area is 102 Å². The number of nitrogens with one attached hydrogen (secondary N) is 1. The van der Waals surface area contributed by atoms with Crippen LogP contribution in [0, 0.1) is 0 Å². The van der Waals surface area contributed by atoms with E-state index in [1.807, 2.05) is 0 Å². The van der Waals surface area contributed by atoms with Crippen LogP contribution >= 0.6 is 0 Å². The second-order valence-electron chi connectivity index (χ2n) is 4.09. The Hall–Kier alpha value is -1.33. The van der Waals surface area contributed by atoms with Gasteiger partial charge in [0.2, 0.25) is 5.56 Å². The molecule has 0 fully saturated rings. The molecule has 0 radical (unpaired) electrons. The fourth-order valence-electron chi connectivity index (χ4n) is 1.68. The number of ether oxygens (including phenoxy) is 1. The quantitative estimate of drug-likeness (QED) is 0.729. The van der Waals surface area contributed by atoms with E-state index in [1.54, 1.807) is 37.1 Å². The molecule has 0 aliphatic rings. The monoisotopic (exact) mass is 239 g/mol. The summed E-state index contributed by atoms with van der Waals surface area (Å²) in [6, 6.07) is 3.56. The third-order valence-electron chi connectivity index (χ3n) is 2.58. The Bertz CT molecular complexity index is 390. The second-order valence-corrected chi connectivity index (χ2v) is 4.09. The predicted molar refractivity (Wildman–Crippen MR) is 69.3 cm³/mol. The lowest BCUT2D eigenvalue weighted by Gasteiger charge is -2.19. The minimum atomic E-state index is -0.0131. The molecule has 3 N–H and O–H groups in total. The molecule has 0 saturated carbocycles. The molecule has 1 atom stereocenters. The minimum absolute atomic E-state index is 0.0131. The van der Waals surface area contributed by atoms with Gasteiger partial charge in [0.1, 0.15) is 0 Å². The number of nitrogens with two attached hydrogens (primary N) is 1. The number of anilines is 1. The van der Waals surface area contributed by atoms with Gasteiger partial charge in [0, 0.05) is 32.5 Å². The van der Waals surface area contributed by atoms with Crippen molar-refractivity contribution in [3.05, 3.63) is 28.7 Å². The van der Waals surface area contributed by atoms with Crippen molar-refractivity contribution in [2.45, 2.75) is 18.9 Å². The summed E-state index contributed by atoms with van der Waals surface area (Å²) < 4.78 is 6.71. The van der Waals surface area contributed by atoms with E-state index in [-0.39, 0.29) is 11.6 Å². The molecule has 5 nitrogen and oxygen atoms in total. The van der Waals surface area contributed by atoms with E-state index in [4.69, 9.17) is 10.5 Å². The minimum Gasteiger partial charge on any atom is -0.383 e. The number of aromatic nitrogens is 1. The zero-order valence-electron chi connectivity index (χ0n) is 10.5. The topological polar surface area (TPSA) is 69.3 Å². The summed E-state index contributed by atoms with van der Waals surface area (Å²) in [7, 11) is 3.41. The highest BCUT2D eigenvalue weighted by Crippen LogP contribution is 2.08. The number of nitrogens with zero attached hydrogens (tertiary/aromatic N) is 1. The second kappa shape index (κ2) is 7.09. The van der Waals surface area contributed by atoms with Crippen molar-refractivity contribution < 1.29 is 4.74 Å². The van der Waals surface area contributed by atoms with E-state index in [0.29, 0.717) is 13.2 Å². The summed E-state index contributed by atoms with van der Waals surface area (Å²) >= 11 is 0. The molecule has 0 spiro atoms. The molecule has 1 unspecified atom stereocenters. The molecular formula is C12H21N3O2. The Morgan fingerprint density at radius 1 is 1.53 bits per heavy atom. The van der Waals surface area contributed by atoms with Crippen molar-refractivity contribution in [1.82, 2.24) is 4.57 Å². The zero-order chi connectivity index (χ0) is 12.7. The van der Waals surface area contributed by atoms with Crippen LogP contribution in [0.15, 0.2) is 23.1 Å². The van der Waals surface area contributed by atoms with Gasteiger partial charge in [-0.1, -0.05) is 0 Å². The van der Waals surface area contributed by atoms with Crippen LogP contribution in [0.3, 0.4) is 0 Å². The zero-order valence-corrected chi connectivity index (χ0v) is 10.5. The first-order chi connectivity index (χ1) is 8.17. The predicted octanol–water partition coefficient (Wildman–Crippen LogP) is 0.551. The molecule has 0 amide bonds. The Morgan fingerprint density at radius 2 is 2.29 bits per heavy atom. The summed E-state index contributed by atoms with van der Waals surface area (Å²) in [6.07, 6.45) is 3.69. The Kier molecular flexibility index (Phi) is 5.72. The number of rotatable bonds is 7. The third kappa shape index (κ3) is 4.58. The van der Waals surface area contributed by atoms with Gasteiger partial charge in [-0.05, 0) is 25.5 Å². The fraction of sp³-hybridized carbons (Fsp3) is 0.583. The summed E-state index contributed by atoms with van der Waals surface area (Å²) in [4.78, 5) is 11.2. The molecule has 5 heteroatoms. The maximum Gasteiger partial charge on any atom is 0.250 e. The molecular weight excluding hydrogens is 218 g/mol. The van der Waals surface area contributed by atoms with Crippen molar-refractivity contribution in [2.75, 3.05) is 25.6 Å². The molecule has 0 aliphatic carbocycles. The summed E-state index contributed by atoms with van der Waals surface area (Å²) in [5.74, 6) is 0. The highest BCUT2D eigenvalue weighted by molar-refractivity contribution is 5.41. The van der Waals surface area contributed by atoms with Gasteiger partial charge >= 0.3 is 0 Å². The Balaban J connectivity index is 2.64. The SMILES string of the molecule is COCC(CCCN)Nc1ccc(=O)n(C)c1. The van der Waals surface area contributed by atoms with E-state index in [0.717, 1.165) is 18.5 Å². The number of aryl methyl sites for hydroxylation is 1. The average Bonchev–Trinajstić information content (AvgIpc) is 2.31. The summed E-state index contributed by atoms with van der Waals surface area (Å²) in [5.41, 5.74) is 6.41. The Morgan fingerprint density at radius 3 is 2.88 bits per heavy atom. The van der Waals surface area contributed by atoms with Crippen LogP contribution in [0.5, 0.6) is 0 Å². The van der Waals surface area contributed by atoms with Crippen molar-refractivity contribution in [3.63, 3.8) is 0 Å². The van der Waals surface area contributed by atoms with E-state index < -0.39 is 0 Å². The van der Waals surface area contributed by atoms with Crippen LogP contribution in [0.2, 0.25) is 0 Å². The highest BCUT2D eigenvalue weighted by Gasteiger charge is 2.08. The van der Waals surface area contributed by atoms with Gasteiger partial charge in [-0.15, -0.1) is 0 Å². The number of hydrogen-bond acceptors (Lipinski definition) is 4. The van der Waals surface area contributed by atoms with Crippen LogP contribution < -0.4 is 16.6 Å². The first kappa shape index (κ1) is 13.7. The summed E-state index contributed by atoms with van der Waals surface area (Å²) in [6.45, 7) is 1.30. The van der Waals surface area contributed by atoms with Crippen LogP contribution in [-0.4, -0.2) is 30.9 Å². The largest absolute Gasteiger partial charge is 0.383 e. The lowest BCUT2D eigenvalue weighted by atomic mass is 10.1. The van der Waals surface area contributed by atoms with Gasteiger partial charge in [-0.25, -0.2) is 0 Å². The number of hydrogen-bond donors (Lipinski definition) is 2. The van der Waals surface area contributed by atoms with E-state index in [9.17, 15) is 4.79 Å². The summed E-state index contributed by atoms with van der Waals surface area (Å²) in [5, 5.41) is 3.34. The molecule has 1 rings (SSSR count). The molecule has 96 valence electrons. The van der Waals surface area contributed by atoms with Crippen molar-refractivity contribution in [1.29, 1.82) is 0 Å². The van der Waals surface area contributed by atoms with Gasteiger partial charge < -0.3 is 20.4 Å². The molecule has 1 heterocycles. The van der Waals surface area contributed by atoms with Crippen LogP contribution in [0.25, 0.3) is 0 Å². The molecule has 1 aromatic heterocycles. The molecule has 17 heavy (non-hydrogen) atoms. The first-order valence-electron chi connectivity index (χ1n) is 5.79. The normalized spacial score (nSPS) is 12.4. The third-order valence-corrected chi connectivity index (χ3v) is 2.58. The molecule has 0 bridgehead atoms. The molecule has 1 aromatic rings. The van der Waals surface area contributed by atoms with Crippen molar-refractivity contribution in [2.24, 2.45) is 12.8 Å². The van der Waals surface area contributed by atoms with E-state index >= 15 is 0 Å². The number of pyridine rings is 1. The van der Waals surface area contributed by atoms with Crippen LogP contribution in [0.4, 0.5) is 5.69 Å². The van der Waals surface area contributed by atoms with Crippen LogP contribution in [-0.2, 0) is 11.8 Å². The van der Waals surface area contributed by atoms with Crippen LogP contribution in [0.1, 0.15) is 12.8 Å². The maximum atomic E-state index is 11.2. The fourth-order valence-corrected chi connectivity index (χ4v) is 1.68. The van der Waals surface area contributed by atoms with Gasteiger partial charge in [-0.3, -0.25) is 4.79 Å². The van der Waals surface area contributed by atoms with Crippen molar-refractivity contribution in [3.8, 4) is 0 Å². The highest BCUT2D eigenvalue weighted by atomic mass is 16.5. The lowest BCUT2D eigenvalue weighted by Crippen LogP contribution is -2.27. The van der Waals surface area contributed by atoms with Gasteiger partial charge in [0.25, 0.3) is 0 Å². The molecule has 0 aromatic carbocycles. The van der Waals surface area contributed by atoms with Gasteiger partial charge in [0.15, 0.2) is 0 Å². The van der Waals surface area contributed by atoms with E-state index in [2.05, 4.69) is 5.32 Å². The molecule has 0 aliphatic heterocycles. The van der Waals surface area contributed by atoms with Crippen molar-refractivity contribution >= 4 is 5.69 Å². The first-order valence-corrected chi connectivity index (χ1v) is 5.79. The average molecular weight is 239 g/mol. The van der Waals surface area contributed by atoms with E-state index in [1.165, 1.54) is 0 Å². The number of methoxy groups -OCH3 is 1. The smallest absolute Gasteiger partial charge is 0.250 e. The van der Waals surface area contributed by atoms with Gasteiger partial charge in [-0.2, -0.15) is 0 Å². The molecule has 0 saturated heterocycles. The lowest BCUT2D eigenvalue weighted by molar-refractivity contribution is 0.182. The standard InChI is InChI=1S/C12H21N3O2/c1-15-8-10(5-6-12(15)16)14-11(9-17-2)4-3-7-13/h5-6,8,11,14H,3-4,7,9,13H2,1-2H3. The maximum absolute atomic E-state index is 11.2.